The van der Waals surface area contributed by atoms with Gasteiger partial charge in [0, 0.05) is 22.3 Å². The van der Waals surface area contributed by atoms with Crippen molar-refractivity contribution < 1.29 is 45.1 Å². The molecule has 0 aliphatic rings. The quantitative estimate of drug-likeness (QED) is 0.0744. The summed E-state index contributed by atoms with van der Waals surface area (Å²) in [5.41, 5.74) is 5.85. The van der Waals surface area contributed by atoms with E-state index in [9.17, 15) is 36.0 Å². The first kappa shape index (κ1) is 50.9. The highest BCUT2D eigenvalue weighted by Gasteiger charge is 2.30. The lowest BCUT2D eigenvalue weighted by Gasteiger charge is -2.15. The van der Waals surface area contributed by atoms with Crippen LogP contribution in [0.3, 0.4) is 0 Å². The first-order chi connectivity index (χ1) is 33.2. The van der Waals surface area contributed by atoms with Gasteiger partial charge in [-0.05, 0) is 98.8 Å². The van der Waals surface area contributed by atoms with E-state index in [1.807, 2.05) is 26.0 Å². The zero-order valence-corrected chi connectivity index (χ0v) is 42.5. The molecule has 8 rings (SSSR count). The van der Waals surface area contributed by atoms with Crippen LogP contribution in [-0.2, 0) is 20.0 Å². The lowest BCUT2D eigenvalue weighted by Crippen LogP contribution is -2.20. The molecule has 4 heterocycles. The molecule has 0 bridgehead atoms. The van der Waals surface area contributed by atoms with Crippen molar-refractivity contribution in [3.8, 4) is 0 Å². The van der Waals surface area contributed by atoms with Gasteiger partial charge in [0.15, 0.2) is 11.6 Å². The first-order valence-corrected chi connectivity index (χ1v) is 26.1. The van der Waals surface area contributed by atoms with Crippen LogP contribution < -0.4 is 20.1 Å². The van der Waals surface area contributed by atoms with Crippen LogP contribution in [-0.4, -0.2) is 50.5 Å². The van der Waals surface area contributed by atoms with Gasteiger partial charge in [0.05, 0.1) is 11.4 Å². The van der Waals surface area contributed by atoms with E-state index < -0.39 is 31.9 Å². The van der Waals surface area contributed by atoms with Crippen LogP contribution in [0.15, 0.2) is 127 Å². The van der Waals surface area contributed by atoms with E-state index >= 15 is 0 Å². The third-order valence-electron chi connectivity index (χ3n) is 10.3. The minimum Gasteiger partial charge on any atom is -0.336 e. The minimum atomic E-state index is -4.22. The molecule has 0 unspecified atom stereocenters. The number of carbonyl (C=O) groups excluding carboxylic acids is 4. The molecule has 2 amide bonds. The monoisotopic (exact) mass is 1060 g/mol. The molecule has 4 aromatic carbocycles. The molecule has 0 saturated heterocycles. The number of nitrogens with zero attached hydrogens (tertiary/aromatic N) is 2. The van der Waals surface area contributed by atoms with E-state index in [-0.39, 0.29) is 52.9 Å². The van der Waals surface area contributed by atoms with Crippen molar-refractivity contribution in [3.63, 3.8) is 0 Å². The summed E-state index contributed by atoms with van der Waals surface area (Å²) in [5.74, 6) is -2.35. The molecule has 0 fully saturated rings. The smallest absolute Gasteiger partial charge is 0.267 e. The summed E-state index contributed by atoms with van der Waals surface area (Å²) in [6.07, 6.45) is 0. The molecule has 0 radical (unpaired) electrons. The number of carbonyl (C=O) groups is 4. The van der Waals surface area contributed by atoms with Crippen LogP contribution in [0.1, 0.15) is 84.8 Å². The summed E-state index contributed by atoms with van der Waals surface area (Å²) in [6.45, 7) is 10.4. The van der Waals surface area contributed by atoms with Crippen LogP contribution in [0.5, 0.6) is 0 Å². The summed E-state index contributed by atoms with van der Waals surface area (Å²) in [6, 6.07) is 27.1. The number of amides is 2. The van der Waals surface area contributed by atoms with Crippen molar-refractivity contribution in [1.82, 2.24) is 10.3 Å². The van der Waals surface area contributed by atoms with Crippen molar-refractivity contribution in [1.29, 1.82) is 0 Å². The summed E-state index contributed by atoms with van der Waals surface area (Å²) in [5, 5.41) is 15.7. The largest absolute Gasteiger partial charge is 0.336 e. The highest BCUT2D eigenvalue weighted by atomic mass is 35.5. The van der Waals surface area contributed by atoms with Crippen LogP contribution in [0.2, 0.25) is 10.0 Å². The summed E-state index contributed by atoms with van der Waals surface area (Å²) in [7, 11) is -8.44. The van der Waals surface area contributed by atoms with E-state index in [4.69, 9.17) is 32.2 Å². The molecule has 4 N–H and O–H groups in total. The van der Waals surface area contributed by atoms with Gasteiger partial charge in [-0.25, -0.2) is 26.3 Å². The van der Waals surface area contributed by atoms with Crippen LogP contribution >= 0.6 is 45.9 Å². The lowest BCUT2D eigenvalue weighted by atomic mass is 9.96. The second kappa shape index (κ2) is 21.0. The van der Waals surface area contributed by atoms with Gasteiger partial charge in [0.1, 0.15) is 41.0 Å². The number of thiophene rings is 2. The topological polar surface area (TPSA) is 237 Å². The van der Waals surface area contributed by atoms with Crippen molar-refractivity contribution in [2.75, 3.05) is 20.1 Å². The standard InChI is InChI=1S/2C24H20ClN3O5S2/c2*1-13-11-14(2)20(17(12-13)21(29)16-7-5-4-6-8-16)26-23(30)22-18(9-10-34-22)35(31,32)28-24-19(25)15(3)27-33-24/h2*4-12,28H,1-3H3,(H,26,30). The average Bonchev–Trinajstić information content (AvgIpc) is 4.16. The Morgan fingerprint density at radius 1 is 0.529 bits per heavy atom. The normalized spacial score (nSPS) is 11.3. The van der Waals surface area contributed by atoms with Crippen molar-refractivity contribution >= 4 is 112 Å². The predicted molar refractivity (Wildman–Crippen MR) is 270 cm³/mol. The van der Waals surface area contributed by atoms with Gasteiger partial charge in [0.25, 0.3) is 43.6 Å². The van der Waals surface area contributed by atoms with Gasteiger partial charge in [-0.2, -0.15) is 0 Å². The Morgan fingerprint density at radius 2 is 0.886 bits per heavy atom. The van der Waals surface area contributed by atoms with E-state index in [0.29, 0.717) is 56.1 Å². The molecule has 0 spiro atoms. The molecule has 22 heteroatoms. The number of aromatic nitrogens is 2. The Balaban J connectivity index is 0.000000206. The van der Waals surface area contributed by atoms with E-state index in [1.54, 1.807) is 100 Å². The number of benzene rings is 4. The average molecular weight is 1060 g/mol. The first-order valence-electron chi connectivity index (χ1n) is 20.7. The Morgan fingerprint density at radius 3 is 1.21 bits per heavy atom. The number of hydrogen-bond acceptors (Lipinski definition) is 14. The minimum absolute atomic E-state index is 0.0224. The molecule has 16 nitrogen and oxygen atoms in total. The van der Waals surface area contributed by atoms with Gasteiger partial charge >= 0.3 is 0 Å². The van der Waals surface area contributed by atoms with Gasteiger partial charge in [-0.3, -0.25) is 19.2 Å². The Labute approximate surface area is 420 Å². The third kappa shape index (κ3) is 11.1. The molecule has 360 valence electrons. The zero-order valence-electron chi connectivity index (χ0n) is 37.8. The Hall–Kier alpha value is -6.94. The molecule has 0 atom stereocenters. The molecular weight excluding hydrogens is 1020 g/mol. The molecule has 4 aromatic heterocycles. The number of ketones is 2. The van der Waals surface area contributed by atoms with Crippen LogP contribution in [0.4, 0.5) is 23.1 Å². The maximum absolute atomic E-state index is 13.2. The number of aryl methyl sites for hydroxylation is 6. The molecule has 0 saturated carbocycles. The SMILES string of the molecule is Cc1cc(C)c(NC(=O)c2sccc2S(=O)(=O)Nc2onc(C)c2Cl)c(C(=O)c2ccccc2)c1.Cc1cc(C)c(NC(=O)c2sccc2S(=O)(=O)Nc2onc(C)c2Cl)c(C(=O)c2ccccc2)c1. The molecule has 8 aromatic rings. The van der Waals surface area contributed by atoms with Crippen LogP contribution in [0, 0.1) is 41.5 Å². The Kier molecular flexibility index (Phi) is 15.3. The Bertz CT molecular complexity index is 3320. The highest BCUT2D eigenvalue weighted by Crippen LogP contribution is 2.34. The second-order valence-corrected chi connectivity index (χ2v) is 21.5. The van der Waals surface area contributed by atoms with Gasteiger partial charge in [-0.15, -0.1) is 22.7 Å². The number of rotatable bonds is 14. The van der Waals surface area contributed by atoms with Crippen LogP contribution in [0.25, 0.3) is 0 Å². The zero-order chi connectivity index (χ0) is 50.7. The number of hydrogen-bond donors (Lipinski definition) is 4. The molecular formula is C48H40Cl2N6O10S4. The molecule has 0 aliphatic heterocycles. The predicted octanol–water partition coefficient (Wildman–Crippen LogP) is 11.2. The number of sulfonamides is 2. The highest BCUT2D eigenvalue weighted by molar-refractivity contribution is 7.93. The maximum Gasteiger partial charge on any atom is 0.267 e. The van der Waals surface area contributed by atoms with Gasteiger partial charge < -0.3 is 19.7 Å². The number of nitrogens with one attached hydrogen (secondary N) is 4. The van der Waals surface area contributed by atoms with Crippen molar-refractivity contribution in [2.24, 2.45) is 0 Å². The third-order valence-corrected chi connectivity index (χ3v) is 16.0. The van der Waals surface area contributed by atoms with E-state index in [2.05, 4.69) is 30.4 Å². The number of anilines is 4. The van der Waals surface area contributed by atoms with E-state index in [0.717, 1.165) is 33.8 Å². The summed E-state index contributed by atoms with van der Waals surface area (Å²) < 4.78 is 66.3. The van der Waals surface area contributed by atoms with Crippen molar-refractivity contribution in [3.05, 3.63) is 184 Å². The van der Waals surface area contributed by atoms with E-state index in [1.165, 1.54) is 22.9 Å². The lowest BCUT2D eigenvalue weighted by molar-refractivity contribution is 0.101. The fourth-order valence-electron chi connectivity index (χ4n) is 7.00. The number of halogens is 2. The summed E-state index contributed by atoms with van der Waals surface area (Å²) in [4.78, 5) is 52.3. The maximum atomic E-state index is 13.2. The fourth-order valence-corrected chi connectivity index (χ4v) is 12.0. The molecule has 70 heavy (non-hydrogen) atoms. The second-order valence-electron chi connectivity index (χ2n) is 15.6. The molecule has 0 aliphatic carbocycles. The fraction of sp³-hybridized carbons (Fsp3) is 0.125. The summed E-state index contributed by atoms with van der Waals surface area (Å²) >= 11 is 13.9. The van der Waals surface area contributed by atoms with Crippen molar-refractivity contribution in [2.45, 2.75) is 51.3 Å². The van der Waals surface area contributed by atoms with Gasteiger partial charge in [-0.1, -0.05) is 106 Å². The van der Waals surface area contributed by atoms with Gasteiger partial charge in [0.2, 0.25) is 0 Å².